The van der Waals surface area contributed by atoms with Crippen molar-refractivity contribution in [2.75, 3.05) is 5.01 Å². The molecule has 1 heterocycles. The van der Waals surface area contributed by atoms with Gasteiger partial charge in [0.05, 0.1) is 12.2 Å². The molecule has 1 aliphatic carbocycles. The molecule has 1 saturated carbocycles. The third-order valence-corrected chi connectivity index (χ3v) is 3.92. The van der Waals surface area contributed by atoms with Gasteiger partial charge in [-0.15, -0.1) is 0 Å². The molecular formula is C15H22Cl2N4O2. The third kappa shape index (κ3) is 5.39. The average Bonchev–Trinajstić information content (AvgIpc) is 2.47. The summed E-state index contributed by atoms with van der Waals surface area (Å²) in [6.45, 7) is 5.43. The minimum atomic E-state index is -0.588. The van der Waals surface area contributed by atoms with Gasteiger partial charge in [0.25, 0.3) is 0 Å². The minimum absolute atomic E-state index is 0.0798. The molecule has 23 heavy (non-hydrogen) atoms. The monoisotopic (exact) mass is 360 g/mol. The normalized spacial score (nSPS) is 16.0. The maximum absolute atomic E-state index is 12.2. The number of hydrogen-bond donors (Lipinski definition) is 1. The van der Waals surface area contributed by atoms with Gasteiger partial charge in [-0.2, -0.15) is 4.98 Å². The maximum Gasteiger partial charge on any atom is 0.426 e. The summed E-state index contributed by atoms with van der Waals surface area (Å²) in [4.78, 5) is 20.2. The molecule has 128 valence electrons. The van der Waals surface area contributed by atoms with Gasteiger partial charge in [0.15, 0.2) is 5.82 Å². The summed E-state index contributed by atoms with van der Waals surface area (Å²) < 4.78 is 5.34. The van der Waals surface area contributed by atoms with E-state index < -0.39 is 11.7 Å². The zero-order valence-corrected chi connectivity index (χ0v) is 15.1. The van der Waals surface area contributed by atoms with E-state index in [1.54, 1.807) is 5.01 Å². The van der Waals surface area contributed by atoms with Crippen LogP contribution in [0.5, 0.6) is 0 Å². The highest BCUT2D eigenvalue weighted by atomic mass is 35.5. The fourth-order valence-electron chi connectivity index (χ4n) is 2.56. The van der Waals surface area contributed by atoms with Crippen molar-refractivity contribution < 1.29 is 9.53 Å². The van der Waals surface area contributed by atoms with Crippen LogP contribution in [0.15, 0.2) is 6.20 Å². The molecule has 0 unspecified atom stereocenters. The van der Waals surface area contributed by atoms with Crippen LogP contribution in [0.25, 0.3) is 0 Å². The number of aromatic nitrogens is 2. The van der Waals surface area contributed by atoms with E-state index in [1.165, 1.54) is 12.6 Å². The highest BCUT2D eigenvalue weighted by molar-refractivity contribution is 6.33. The number of carbonyl (C=O) groups excluding carboxylic acids is 1. The molecule has 0 bridgehead atoms. The summed E-state index contributed by atoms with van der Waals surface area (Å²) in [7, 11) is 0. The van der Waals surface area contributed by atoms with Crippen LogP contribution in [0.3, 0.4) is 0 Å². The molecule has 1 aromatic rings. The van der Waals surface area contributed by atoms with Crippen LogP contribution in [0, 0.1) is 0 Å². The van der Waals surface area contributed by atoms with Gasteiger partial charge in [0.1, 0.15) is 10.6 Å². The number of halogens is 2. The van der Waals surface area contributed by atoms with Crippen molar-refractivity contribution in [1.29, 1.82) is 0 Å². The van der Waals surface area contributed by atoms with Gasteiger partial charge in [0, 0.05) is 0 Å². The predicted octanol–water partition coefficient (Wildman–Crippen LogP) is 4.36. The molecule has 2 rings (SSSR count). The molecule has 1 aromatic heterocycles. The van der Waals surface area contributed by atoms with Crippen molar-refractivity contribution in [3.63, 3.8) is 0 Å². The number of carbonyl (C=O) groups is 1. The van der Waals surface area contributed by atoms with Crippen LogP contribution in [0.2, 0.25) is 10.3 Å². The Morgan fingerprint density at radius 3 is 2.57 bits per heavy atom. The van der Waals surface area contributed by atoms with E-state index in [0.717, 1.165) is 25.7 Å². The molecule has 0 saturated heterocycles. The number of ether oxygens (including phenoxy) is 1. The van der Waals surface area contributed by atoms with Gasteiger partial charge in [-0.25, -0.2) is 15.2 Å². The van der Waals surface area contributed by atoms with Gasteiger partial charge in [0.2, 0.25) is 5.28 Å². The Labute approximate surface area is 146 Å². The molecule has 1 amide bonds. The summed E-state index contributed by atoms with van der Waals surface area (Å²) in [5, 5.41) is 2.08. The van der Waals surface area contributed by atoms with Gasteiger partial charge in [-0.3, -0.25) is 5.01 Å². The molecule has 0 radical (unpaired) electrons. The highest BCUT2D eigenvalue weighted by Gasteiger charge is 2.28. The van der Waals surface area contributed by atoms with Crippen molar-refractivity contribution in [2.24, 2.45) is 0 Å². The average molecular weight is 361 g/mol. The molecule has 8 heteroatoms. The second kappa shape index (κ2) is 7.53. The first kappa shape index (κ1) is 18.1. The van der Waals surface area contributed by atoms with Crippen LogP contribution in [0.1, 0.15) is 52.9 Å². The van der Waals surface area contributed by atoms with Crippen LogP contribution in [-0.2, 0) is 4.74 Å². The van der Waals surface area contributed by atoms with E-state index in [4.69, 9.17) is 27.9 Å². The fraction of sp³-hybridized carbons (Fsp3) is 0.667. The highest BCUT2D eigenvalue weighted by Crippen LogP contribution is 2.30. The lowest BCUT2D eigenvalue weighted by molar-refractivity contribution is 0.0511. The first-order valence-electron chi connectivity index (χ1n) is 7.73. The van der Waals surface area contributed by atoms with Crippen molar-refractivity contribution in [3.8, 4) is 0 Å². The fourth-order valence-corrected chi connectivity index (χ4v) is 2.87. The standard InChI is InChI=1S/C15H22Cl2N4O2/c1-15(2,3)23-14(22)20-21(10-7-5-4-6-8-10)12-11(16)9-18-13(17)19-12/h9-10H,4-8H2,1-3H3,(H,20,22). The van der Waals surface area contributed by atoms with Gasteiger partial charge in [-0.05, 0) is 45.2 Å². The Morgan fingerprint density at radius 1 is 1.30 bits per heavy atom. The maximum atomic E-state index is 12.2. The number of nitrogens with zero attached hydrogens (tertiary/aromatic N) is 3. The first-order chi connectivity index (χ1) is 10.8. The van der Waals surface area contributed by atoms with E-state index in [0.29, 0.717) is 10.8 Å². The number of hydrogen-bond acceptors (Lipinski definition) is 5. The van der Waals surface area contributed by atoms with Gasteiger partial charge >= 0.3 is 6.09 Å². The molecule has 0 aromatic carbocycles. The number of amides is 1. The Bertz CT molecular complexity index is 557. The quantitative estimate of drug-likeness (QED) is 0.640. The summed E-state index contributed by atoms with van der Waals surface area (Å²) >= 11 is 12.1. The second-order valence-electron chi connectivity index (χ2n) is 6.59. The van der Waals surface area contributed by atoms with E-state index in [2.05, 4.69) is 15.4 Å². The van der Waals surface area contributed by atoms with E-state index in [9.17, 15) is 4.79 Å². The molecule has 1 fully saturated rings. The lowest BCUT2D eigenvalue weighted by Gasteiger charge is -2.35. The first-order valence-corrected chi connectivity index (χ1v) is 8.49. The molecule has 0 spiro atoms. The molecule has 1 aliphatic rings. The van der Waals surface area contributed by atoms with E-state index >= 15 is 0 Å². The zero-order valence-electron chi connectivity index (χ0n) is 13.6. The SMILES string of the molecule is CC(C)(C)OC(=O)NN(c1nc(Cl)ncc1Cl)C1CCCCC1. The predicted molar refractivity (Wildman–Crippen MR) is 90.8 cm³/mol. The lowest BCUT2D eigenvalue weighted by atomic mass is 9.95. The summed E-state index contributed by atoms with van der Waals surface area (Å²) in [6, 6.07) is 0.0970. The summed E-state index contributed by atoms with van der Waals surface area (Å²) in [5.74, 6) is 0.393. The van der Waals surface area contributed by atoms with Crippen molar-refractivity contribution in [1.82, 2.24) is 15.4 Å². The zero-order chi connectivity index (χ0) is 17.0. The smallest absolute Gasteiger partial charge is 0.426 e. The van der Waals surface area contributed by atoms with E-state index in [1.807, 2.05) is 20.8 Å². The van der Waals surface area contributed by atoms with Crippen LogP contribution in [0.4, 0.5) is 10.6 Å². The largest absolute Gasteiger partial charge is 0.443 e. The van der Waals surface area contributed by atoms with E-state index in [-0.39, 0.29) is 11.3 Å². The van der Waals surface area contributed by atoms with Gasteiger partial charge in [-0.1, -0.05) is 30.9 Å². The number of nitrogens with one attached hydrogen (secondary N) is 1. The number of rotatable bonds is 3. The third-order valence-electron chi connectivity index (χ3n) is 3.47. The molecular weight excluding hydrogens is 339 g/mol. The Balaban J connectivity index is 2.24. The molecule has 0 aliphatic heterocycles. The van der Waals surface area contributed by atoms with Crippen LogP contribution >= 0.6 is 23.2 Å². The summed E-state index contributed by atoms with van der Waals surface area (Å²) in [5.41, 5.74) is 2.18. The van der Waals surface area contributed by atoms with Crippen molar-refractivity contribution in [3.05, 3.63) is 16.5 Å². The van der Waals surface area contributed by atoms with Crippen LogP contribution < -0.4 is 10.4 Å². The molecule has 0 atom stereocenters. The molecule has 6 nitrogen and oxygen atoms in total. The van der Waals surface area contributed by atoms with Crippen LogP contribution in [-0.4, -0.2) is 27.7 Å². The second-order valence-corrected chi connectivity index (χ2v) is 7.33. The van der Waals surface area contributed by atoms with Crippen molar-refractivity contribution in [2.45, 2.75) is 64.5 Å². The number of hydrazine groups is 1. The Hall–Kier alpha value is -1.27. The molecule has 1 N–H and O–H groups in total. The van der Waals surface area contributed by atoms with Gasteiger partial charge < -0.3 is 4.74 Å². The summed E-state index contributed by atoms with van der Waals surface area (Å²) in [6.07, 6.45) is 6.13. The van der Waals surface area contributed by atoms with Crippen molar-refractivity contribution >= 4 is 35.1 Å². The minimum Gasteiger partial charge on any atom is -0.443 e. The Morgan fingerprint density at radius 2 is 1.96 bits per heavy atom. The topological polar surface area (TPSA) is 67.3 Å². The Kier molecular flexibility index (Phi) is 5.92. The number of anilines is 1. The lowest BCUT2D eigenvalue weighted by Crippen LogP contribution is -2.51.